The van der Waals surface area contributed by atoms with Crippen molar-refractivity contribution in [1.29, 1.82) is 0 Å². The standard InChI is InChI=1S/C32H37Cl2N3O6S/c1-21-12-15-25(16-13-21)44(40,41)37(24-14-17-29(42-3)30(18-24)43-4)20-31(38)36(19-26-27(33)10-7-11-28(26)34)22(2)32(39)35-23-8-5-6-9-23/h7,10-18,22-23H,5-6,8-9,19-20H2,1-4H3,(H,35,39)/t22-/m0/s1. The molecule has 236 valence electrons. The van der Waals surface area contributed by atoms with Crippen LogP contribution in [0.3, 0.4) is 0 Å². The number of methoxy groups -OCH3 is 2. The number of hydrogen-bond acceptors (Lipinski definition) is 6. The van der Waals surface area contributed by atoms with Gasteiger partial charge in [0.15, 0.2) is 11.5 Å². The monoisotopic (exact) mass is 661 g/mol. The summed E-state index contributed by atoms with van der Waals surface area (Å²) >= 11 is 12.9. The molecular formula is C32H37Cl2N3O6S. The zero-order chi connectivity index (χ0) is 32.0. The van der Waals surface area contributed by atoms with Crippen LogP contribution in [0.4, 0.5) is 5.69 Å². The van der Waals surface area contributed by atoms with E-state index in [0.717, 1.165) is 35.6 Å². The van der Waals surface area contributed by atoms with Crippen molar-refractivity contribution in [1.82, 2.24) is 10.2 Å². The average Bonchev–Trinajstić information content (AvgIpc) is 3.52. The van der Waals surface area contributed by atoms with Crippen molar-refractivity contribution in [2.24, 2.45) is 0 Å². The fourth-order valence-corrected chi connectivity index (χ4v) is 7.10. The molecule has 1 N–H and O–H groups in total. The number of carbonyl (C=O) groups is 2. The topological polar surface area (TPSA) is 105 Å². The summed E-state index contributed by atoms with van der Waals surface area (Å²) in [6, 6.07) is 15.0. The number of hydrogen-bond donors (Lipinski definition) is 1. The van der Waals surface area contributed by atoms with Crippen LogP contribution in [0.5, 0.6) is 11.5 Å². The van der Waals surface area contributed by atoms with Crippen LogP contribution in [0.2, 0.25) is 10.0 Å². The van der Waals surface area contributed by atoms with Gasteiger partial charge in [-0.3, -0.25) is 13.9 Å². The maximum absolute atomic E-state index is 14.2. The van der Waals surface area contributed by atoms with Gasteiger partial charge < -0.3 is 19.7 Å². The van der Waals surface area contributed by atoms with Crippen molar-refractivity contribution < 1.29 is 27.5 Å². The van der Waals surface area contributed by atoms with Gasteiger partial charge in [0.2, 0.25) is 11.8 Å². The van der Waals surface area contributed by atoms with Gasteiger partial charge in [-0.15, -0.1) is 0 Å². The average molecular weight is 663 g/mol. The Labute approximate surface area is 269 Å². The first-order valence-electron chi connectivity index (χ1n) is 14.3. The number of halogens is 2. The van der Waals surface area contributed by atoms with E-state index in [9.17, 15) is 18.0 Å². The molecule has 44 heavy (non-hydrogen) atoms. The molecule has 1 fully saturated rings. The molecule has 1 aliphatic carbocycles. The maximum Gasteiger partial charge on any atom is 0.264 e. The molecule has 0 bridgehead atoms. The maximum atomic E-state index is 14.2. The van der Waals surface area contributed by atoms with Gasteiger partial charge in [0.25, 0.3) is 10.0 Å². The van der Waals surface area contributed by atoms with Crippen molar-refractivity contribution in [2.75, 3.05) is 25.1 Å². The van der Waals surface area contributed by atoms with E-state index < -0.39 is 28.5 Å². The highest BCUT2D eigenvalue weighted by Crippen LogP contribution is 2.34. The van der Waals surface area contributed by atoms with E-state index in [1.165, 1.54) is 43.4 Å². The zero-order valence-electron chi connectivity index (χ0n) is 25.2. The number of sulfonamides is 1. The first-order valence-corrected chi connectivity index (χ1v) is 16.5. The van der Waals surface area contributed by atoms with Gasteiger partial charge in [0.1, 0.15) is 12.6 Å². The Morgan fingerprint density at radius 2 is 1.57 bits per heavy atom. The predicted octanol–water partition coefficient (Wildman–Crippen LogP) is 5.99. The highest BCUT2D eigenvalue weighted by atomic mass is 35.5. The fourth-order valence-electron chi connectivity index (χ4n) is 5.17. The molecule has 1 aliphatic rings. The summed E-state index contributed by atoms with van der Waals surface area (Å²) in [4.78, 5) is 29.0. The molecule has 0 saturated heterocycles. The second kappa shape index (κ2) is 14.5. The molecule has 0 radical (unpaired) electrons. The number of rotatable bonds is 12. The number of amides is 2. The lowest BCUT2D eigenvalue weighted by Crippen LogP contribution is -2.52. The predicted molar refractivity (Wildman–Crippen MR) is 172 cm³/mol. The third-order valence-electron chi connectivity index (χ3n) is 7.80. The molecule has 0 heterocycles. The van der Waals surface area contributed by atoms with Crippen LogP contribution in [0, 0.1) is 6.92 Å². The summed E-state index contributed by atoms with van der Waals surface area (Å²) in [7, 11) is -1.36. The van der Waals surface area contributed by atoms with E-state index in [4.69, 9.17) is 32.7 Å². The van der Waals surface area contributed by atoms with Gasteiger partial charge in [0, 0.05) is 34.3 Å². The minimum Gasteiger partial charge on any atom is -0.493 e. The Balaban J connectivity index is 1.76. The Morgan fingerprint density at radius 1 is 0.955 bits per heavy atom. The Morgan fingerprint density at radius 3 is 2.16 bits per heavy atom. The molecule has 0 aromatic heterocycles. The zero-order valence-corrected chi connectivity index (χ0v) is 27.5. The molecule has 3 aromatic carbocycles. The molecular weight excluding hydrogens is 625 g/mol. The molecule has 1 saturated carbocycles. The van der Waals surface area contributed by atoms with Crippen molar-refractivity contribution in [2.45, 2.75) is 63.1 Å². The number of aryl methyl sites for hydroxylation is 1. The SMILES string of the molecule is COc1ccc(N(CC(=O)N(Cc2c(Cl)cccc2Cl)[C@@H](C)C(=O)NC2CCCC2)S(=O)(=O)c2ccc(C)cc2)cc1OC. The van der Waals surface area contributed by atoms with E-state index in [0.29, 0.717) is 21.4 Å². The number of ether oxygens (including phenoxy) is 2. The number of anilines is 1. The van der Waals surface area contributed by atoms with Crippen LogP contribution in [-0.2, 0) is 26.2 Å². The molecule has 2 amide bonds. The highest BCUT2D eigenvalue weighted by Gasteiger charge is 2.34. The lowest BCUT2D eigenvalue weighted by Gasteiger charge is -2.33. The summed E-state index contributed by atoms with van der Waals surface area (Å²) in [5.41, 5.74) is 1.50. The lowest BCUT2D eigenvalue weighted by molar-refractivity contribution is -0.139. The highest BCUT2D eigenvalue weighted by molar-refractivity contribution is 7.92. The van der Waals surface area contributed by atoms with Crippen molar-refractivity contribution >= 4 is 50.7 Å². The largest absolute Gasteiger partial charge is 0.493 e. The Bertz CT molecular complexity index is 1570. The first kappa shape index (κ1) is 33.4. The minimum atomic E-state index is -4.26. The third kappa shape index (κ3) is 7.60. The van der Waals surface area contributed by atoms with Crippen LogP contribution in [-0.4, -0.2) is 58.0 Å². The van der Waals surface area contributed by atoms with Crippen molar-refractivity contribution in [3.05, 3.63) is 81.8 Å². The summed E-state index contributed by atoms with van der Waals surface area (Å²) < 4.78 is 40.0. The second-order valence-corrected chi connectivity index (χ2v) is 13.4. The number of nitrogens with one attached hydrogen (secondary N) is 1. The minimum absolute atomic E-state index is 0.00147. The van der Waals surface area contributed by atoms with E-state index in [1.54, 1.807) is 43.3 Å². The fraction of sp³-hybridized carbons (Fsp3) is 0.375. The van der Waals surface area contributed by atoms with E-state index in [2.05, 4.69) is 5.32 Å². The number of nitrogens with zero attached hydrogens (tertiary/aromatic N) is 2. The summed E-state index contributed by atoms with van der Waals surface area (Å²) in [6.07, 6.45) is 3.78. The van der Waals surface area contributed by atoms with Gasteiger partial charge in [-0.25, -0.2) is 8.42 Å². The summed E-state index contributed by atoms with van der Waals surface area (Å²) in [5, 5.41) is 3.69. The van der Waals surface area contributed by atoms with Crippen LogP contribution < -0.4 is 19.1 Å². The Kier molecular flexibility index (Phi) is 11.0. The molecule has 0 unspecified atom stereocenters. The van der Waals surface area contributed by atoms with Gasteiger partial charge in [0.05, 0.1) is 24.8 Å². The van der Waals surface area contributed by atoms with Gasteiger partial charge >= 0.3 is 0 Å². The van der Waals surface area contributed by atoms with Crippen LogP contribution in [0.1, 0.15) is 43.7 Å². The van der Waals surface area contributed by atoms with E-state index in [1.807, 2.05) is 6.92 Å². The molecule has 0 aliphatic heterocycles. The summed E-state index contributed by atoms with van der Waals surface area (Å²) in [6.45, 7) is 2.74. The van der Waals surface area contributed by atoms with E-state index in [-0.39, 0.29) is 34.8 Å². The molecule has 12 heteroatoms. The van der Waals surface area contributed by atoms with E-state index >= 15 is 0 Å². The number of benzene rings is 3. The van der Waals surface area contributed by atoms with Crippen molar-refractivity contribution in [3.8, 4) is 11.5 Å². The quantitative estimate of drug-likeness (QED) is 0.256. The smallest absolute Gasteiger partial charge is 0.264 e. The Hall–Kier alpha value is -3.47. The molecule has 3 aromatic rings. The first-order chi connectivity index (χ1) is 21.0. The number of carbonyl (C=O) groups excluding carboxylic acids is 2. The van der Waals surface area contributed by atoms with Gasteiger partial charge in [-0.2, -0.15) is 0 Å². The van der Waals surface area contributed by atoms with Gasteiger partial charge in [-0.1, -0.05) is 59.8 Å². The van der Waals surface area contributed by atoms with Crippen molar-refractivity contribution in [3.63, 3.8) is 0 Å². The van der Waals surface area contributed by atoms with Crippen LogP contribution >= 0.6 is 23.2 Å². The van der Waals surface area contributed by atoms with Gasteiger partial charge in [-0.05, 0) is 63.1 Å². The molecule has 1 atom stereocenters. The normalized spacial score (nSPS) is 14.1. The molecule has 9 nitrogen and oxygen atoms in total. The summed E-state index contributed by atoms with van der Waals surface area (Å²) in [5.74, 6) is -0.291. The van der Waals surface area contributed by atoms with Crippen LogP contribution in [0.25, 0.3) is 0 Å². The third-order valence-corrected chi connectivity index (χ3v) is 10.3. The van der Waals surface area contributed by atoms with Crippen LogP contribution in [0.15, 0.2) is 65.6 Å². The molecule has 0 spiro atoms. The lowest BCUT2D eigenvalue weighted by atomic mass is 10.1. The molecule has 4 rings (SSSR count). The second-order valence-electron chi connectivity index (χ2n) is 10.8.